The number of nitrogens with zero attached hydrogens (tertiary/aromatic N) is 2. The van der Waals surface area contributed by atoms with E-state index >= 15 is 0 Å². The Balaban J connectivity index is 1.40. The van der Waals surface area contributed by atoms with Gasteiger partial charge in [0, 0.05) is 32.6 Å². The maximum atomic E-state index is 12.5. The standard InChI is InChI=1S/C21H26N2O3S/c1-17-7-9-18(10-8-17)26-15-2-6-20(24)22-11-4-12-23(14-13-22)21(25)19-5-3-16-27-19/h3,5,7-10,16H,2,4,6,11-15H2,1H3. The maximum absolute atomic E-state index is 12.5. The molecule has 5 nitrogen and oxygen atoms in total. The third kappa shape index (κ3) is 5.57. The molecule has 3 rings (SSSR count). The predicted octanol–water partition coefficient (Wildman–Crippen LogP) is 3.59. The lowest BCUT2D eigenvalue weighted by Crippen LogP contribution is -2.37. The smallest absolute Gasteiger partial charge is 0.263 e. The molecule has 0 unspecified atom stereocenters. The Morgan fingerprint density at radius 3 is 2.52 bits per heavy atom. The highest BCUT2D eigenvalue weighted by Gasteiger charge is 2.23. The van der Waals surface area contributed by atoms with Crippen molar-refractivity contribution in [2.75, 3.05) is 32.8 Å². The number of benzene rings is 1. The second-order valence-electron chi connectivity index (χ2n) is 6.77. The number of hydrogen-bond acceptors (Lipinski definition) is 4. The van der Waals surface area contributed by atoms with Gasteiger partial charge in [-0.25, -0.2) is 0 Å². The minimum atomic E-state index is 0.0748. The Kier molecular flexibility index (Phi) is 6.87. The summed E-state index contributed by atoms with van der Waals surface area (Å²) in [6.45, 7) is 5.20. The lowest BCUT2D eigenvalue weighted by Gasteiger charge is -2.22. The molecule has 1 saturated heterocycles. The van der Waals surface area contributed by atoms with Crippen LogP contribution in [0.4, 0.5) is 0 Å². The molecule has 1 aliphatic heterocycles. The van der Waals surface area contributed by atoms with Crippen LogP contribution in [0.15, 0.2) is 41.8 Å². The van der Waals surface area contributed by atoms with E-state index in [-0.39, 0.29) is 11.8 Å². The Morgan fingerprint density at radius 2 is 1.78 bits per heavy atom. The third-order valence-corrected chi connectivity index (χ3v) is 5.55. The predicted molar refractivity (Wildman–Crippen MR) is 107 cm³/mol. The van der Waals surface area contributed by atoms with Gasteiger partial charge in [-0.2, -0.15) is 0 Å². The summed E-state index contributed by atoms with van der Waals surface area (Å²) in [5.41, 5.74) is 1.20. The molecule has 0 N–H and O–H groups in total. The zero-order valence-electron chi connectivity index (χ0n) is 15.7. The number of ether oxygens (including phenoxy) is 1. The first-order valence-electron chi connectivity index (χ1n) is 9.43. The Labute approximate surface area is 164 Å². The maximum Gasteiger partial charge on any atom is 0.263 e. The topological polar surface area (TPSA) is 49.9 Å². The van der Waals surface area contributed by atoms with Gasteiger partial charge in [0.05, 0.1) is 11.5 Å². The van der Waals surface area contributed by atoms with Crippen LogP contribution in [0.5, 0.6) is 5.75 Å². The lowest BCUT2D eigenvalue weighted by atomic mass is 10.2. The van der Waals surface area contributed by atoms with Gasteiger partial charge in [-0.05, 0) is 43.3 Å². The highest BCUT2D eigenvalue weighted by atomic mass is 32.1. The van der Waals surface area contributed by atoms with E-state index in [0.29, 0.717) is 45.6 Å². The van der Waals surface area contributed by atoms with E-state index in [1.807, 2.05) is 58.5 Å². The number of carbonyl (C=O) groups excluding carboxylic acids is 2. The molecule has 0 radical (unpaired) electrons. The minimum Gasteiger partial charge on any atom is -0.494 e. The fourth-order valence-electron chi connectivity index (χ4n) is 3.13. The van der Waals surface area contributed by atoms with Crippen LogP contribution in [0.25, 0.3) is 0 Å². The van der Waals surface area contributed by atoms with Crippen molar-refractivity contribution in [3.05, 3.63) is 52.2 Å². The average molecular weight is 387 g/mol. The van der Waals surface area contributed by atoms with Crippen molar-refractivity contribution in [2.45, 2.75) is 26.2 Å². The summed E-state index contributed by atoms with van der Waals surface area (Å²) < 4.78 is 5.69. The van der Waals surface area contributed by atoms with Crippen molar-refractivity contribution in [2.24, 2.45) is 0 Å². The number of amides is 2. The van der Waals surface area contributed by atoms with E-state index in [0.717, 1.165) is 17.0 Å². The quantitative estimate of drug-likeness (QED) is 0.713. The van der Waals surface area contributed by atoms with Crippen LogP contribution in [-0.4, -0.2) is 54.4 Å². The molecule has 2 heterocycles. The number of aryl methyl sites for hydroxylation is 1. The molecule has 1 aromatic carbocycles. The van der Waals surface area contributed by atoms with Gasteiger partial charge in [0.1, 0.15) is 5.75 Å². The van der Waals surface area contributed by atoms with E-state index < -0.39 is 0 Å². The van der Waals surface area contributed by atoms with E-state index in [1.165, 1.54) is 16.9 Å². The largest absolute Gasteiger partial charge is 0.494 e. The van der Waals surface area contributed by atoms with E-state index in [1.54, 1.807) is 0 Å². The minimum absolute atomic E-state index is 0.0748. The van der Waals surface area contributed by atoms with Crippen molar-refractivity contribution < 1.29 is 14.3 Å². The van der Waals surface area contributed by atoms with Gasteiger partial charge in [0.2, 0.25) is 5.91 Å². The van der Waals surface area contributed by atoms with E-state index in [2.05, 4.69) is 0 Å². The molecule has 144 valence electrons. The molecule has 2 amide bonds. The Bertz CT molecular complexity index is 743. The number of rotatable bonds is 6. The first-order valence-corrected chi connectivity index (χ1v) is 10.3. The molecular formula is C21H26N2O3S. The van der Waals surface area contributed by atoms with Gasteiger partial charge in [-0.1, -0.05) is 23.8 Å². The monoisotopic (exact) mass is 386 g/mol. The highest BCUT2D eigenvalue weighted by molar-refractivity contribution is 7.12. The molecule has 0 atom stereocenters. The molecule has 2 aromatic rings. The summed E-state index contributed by atoms with van der Waals surface area (Å²) in [4.78, 5) is 29.5. The summed E-state index contributed by atoms with van der Waals surface area (Å²) in [7, 11) is 0. The lowest BCUT2D eigenvalue weighted by molar-refractivity contribution is -0.131. The zero-order valence-corrected chi connectivity index (χ0v) is 16.5. The van der Waals surface area contributed by atoms with E-state index in [9.17, 15) is 9.59 Å². The number of thiophene rings is 1. The van der Waals surface area contributed by atoms with Gasteiger partial charge >= 0.3 is 0 Å². The zero-order chi connectivity index (χ0) is 19.1. The van der Waals surface area contributed by atoms with Gasteiger partial charge in [0.25, 0.3) is 5.91 Å². The van der Waals surface area contributed by atoms with E-state index in [4.69, 9.17) is 4.74 Å². The Hall–Kier alpha value is -2.34. The summed E-state index contributed by atoms with van der Waals surface area (Å²) in [6, 6.07) is 11.7. The van der Waals surface area contributed by atoms with Gasteiger partial charge in [-0.15, -0.1) is 11.3 Å². The van der Waals surface area contributed by atoms with Crippen LogP contribution in [0.3, 0.4) is 0 Å². The first kappa shape index (κ1) is 19.4. The molecule has 6 heteroatoms. The molecule has 0 bridgehead atoms. The molecule has 27 heavy (non-hydrogen) atoms. The van der Waals surface area contributed by atoms with Crippen molar-refractivity contribution in [3.63, 3.8) is 0 Å². The van der Waals surface area contributed by atoms with Crippen molar-refractivity contribution in [3.8, 4) is 5.75 Å². The van der Waals surface area contributed by atoms with Gasteiger partial charge in [-0.3, -0.25) is 9.59 Å². The van der Waals surface area contributed by atoms with Crippen LogP contribution >= 0.6 is 11.3 Å². The molecule has 0 aliphatic carbocycles. The van der Waals surface area contributed by atoms with Crippen molar-refractivity contribution in [1.29, 1.82) is 0 Å². The fourth-order valence-corrected chi connectivity index (χ4v) is 3.82. The van der Waals surface area contributed by atoms with Crippen LogP contribution in [0.1, 0.15) is 34.5 Å². The second kappa shape index (κ2) is 9.55. The molecule has 1 aromatic heterocycles. The molecule has 1 aliphatic rings. The van der Waals surface area contributed by atoms with Gasteiger partial charge < -0.3 is 14.5 Å². The molecule has 1 fully saturated rings. The number of carbonyl (C=O) groups is 2. The summed E-state index contributed by atoms with van der Waals surface area (Å²) in [6.07, 6.45) is 1.99. The van der Waals surface area contributed by atoms with Crippen LogP contribution in [-0.2, 0) is 4.79 Å². The van der Waals surface area contributed by atoms with Crippen molar-refractivity contribution >= 4 is 23.2 Å². The van der Waals surface area contributed by atoms with Crippen LogP contribution in [0.2, 0.25) is 0 Å². The summed E-state index contributed by atoms with van der Waals surface area (Å²) in [5.74, 6) is 1.06. The SMILES string of the molecule is Cc1ccc(OCCCC(=O)N2CCCN(C(=O)c3cccs3)CC2)cc1. The molecular weight excluding hydrogens is 360 g/mol. The molecule has 0 saturated carbocycles. The van der Waals surface area contributed by atoms with Gasteiger partial charge in [0.15, 0.2) is 0 Å². The third-order valence-electron chi connectivity index (χ3n) is 4.69. The average Bonchev–Trinajstić information content (AvgIpc) is 3.10. The van der Waals surface area contributed by atoms with Crippen LogP contribution in [0, 0.1) is 6.92 Å². The highest BCUT2D eigenvalue weighted by Crippen LogP contribution is 2.15. The summed E-state index contributed by atoms with van der Waals surface area (Å²) in [5, 5.41) is 1.92. The fraction of sp³-hybridized carbons (Fsp3) is 0.429. The first-order chi connectivity index (χ1) is 13.1. The number of hydrogen-bond donors (Lipinski definition) is 0. The summed E-state index contributed by atoms with van der Waals surface area (Å²) >= 11 is 1.47. The van der Waals surface area contributed by atoms with Crippen molar-refractivity contribution in [1.82, 2.24) is 9.80 Å². The normalized spacial score (nSPS) is 14.7. The van der Waals surface area contributed by atoms with Crippen LogP contribution < -0.4 is 4.74 Å². The second-order valence-corrected chi connectivity index (χ2v) is 7.72. The Morgan fingerprint density at radius 1 is 1.04 bits per heavy atom. The molecule has 0 spiro atoms.